The predicted octanol–water partition coefficient (Wildman–Crippen LogP) is 1.07. The van der Waals surface area contributed by atoms with Gasteiger partial charge in [-0.3, -0.25) is 4.79 Å². The van der Waals surface area contributed by atoms with Crippen LogP contribution < -0.4 is 0 Å². The molecule has 1 unspecified atom stereocenters. The van der Waals surface area contributed by atoms with Crippen LogP contribution >= 0.6 is 0 Å². The number of hydrogen-bond donors (Lipinski definition) is 0. The van der Waals surface area contributed by atoms with Gasteiger partial charge >= 0.3 is 0 Å². The van der Waals surface area contributed by atoms with E-state index in [2.05, 4.69) is 5.16 Å². The molecule has 0 amide bonds. The van der Waals surface area contributed by atoms with Crippen LogP contribution in [0.25, 0.3) is 0 Å². The summed E-state index contributed by atoms with van der Waals surface area (Å²) in [5.41, 5.74) is 0.562. The second kappa shape index (κ2) is 3.70. The van der Waals surface area contributed by atoms with Gasteiger partial charge in [-0.2, -0.15) is 0 Å². The minimum absolute atomic E-state index is 0.478. The molecule has 0 radical (unpaired) electrons. The van der Waals surface area contributed by atoms with Gasteiger partial charge in [-0.15, -0.1) is 0 Å². The maximum absolute atomic E-state index is 10.5. The van der Waals surface area contributed by atoms with Crippen LogP contribution in [0.15, 0.2) is 10.7 Å². The van der Waals surface area contributed by atoms with Crippen molar-refractivity contribution in [3.8, 4) is 0 Å². The molecule has 0 aromatic carbocycles. The average Bonchev–Trinajstić information content (AvgIpc) is 2.76. The lowest BCUT2D eigenvalue weighted by molar-refractivity contribution is 0.112. The Balaban J connectivity index is 2.03. The fourth-order valence-corrected chi connectivity index (χ4v) is 1.53. The summed E-state index contributed by atoms with van der Waals surface area (Å²) in [7, 11) is 0. The zero-order chi connectivity index (χ0) is 9.10. The molecule has 0 spiro atoms. The molecule has 0 saturated carbocycles. The Morgan fingerprint density at radius 1 is 1.69 bits per heavy atom. The number of aldehydes is 1. The maximum Gasteiger partial charge on any atom is 0.155 e. The third kappa shape index (κ3) is 1.78. The van der Waals surface area contributed by atoms with Crippen molar-refractivity contribution >= 4 is 6.29 Å². The number of nitrogens with zero attached hydrogens (tertiary/aromatic N) is 1. The van der Waals surface area contributed by atoms with Crippen LogP contribution in [-0.2, 0) is 11.2 Å². The summed E-state index contributed by atoms with van der Waals surface area (Å²) in [6.07, 6.45) is 4.03. The largest absolute Gasteiger partial charge is 0.381 e. The Morgan fingerprint density at radius 3 is 3.31 bits per heavy atom. The van der Waals surface area contributed by atoms with E-state index in [-0.39, 0.29) is 0 Å². The van der Waals surface area contributed by atoms with Gasteiger partial charge in [-0.1, -0.05) is 5.16 Å². The highest BCUT2D eigenvalue weighted by Crippen LogP contribution is 2.19. The fourth-order valence-electron chi connectivity index (χ4n) is 1.53. The Kier molecular flexibility index (Phi) is 2.40. The SMILES string of the molecule is O=Cc1cnoc1CC1CCOC1. The highest BCUT2D eigenvalue weighted by Gasteiger charge is 2.19. The molecule has 1 aromatic rings. The first-order valence-corrected chi connectivity index (χ1v) is 4.36. The van der Waals surface area contributed by atoms with Gasteiger partial charge in [0.15, 0.2) is 6.29 Å². The lowest BCUT2D eigenvalue weighted by Gasteiger charge is -2.02. The summed E-state index contributed by atoms with van der Waals surface area (Å²) < 4.78 is 10.2. The fraction of sp³-hybridized carbons (Fsp3) is 0.556. The summed E-state index contributed by atoms with van der Waals surface area (Å²) in [6, 6.07) is 0. The molecule has 2 heterocycles. The third-order valence-corrected chi connectivity index (χ3v) is 2.30. The van der Waals surface area contributed by atoms with Crippen molar-refractivity contribution in [1.82, 2.24) is 5.16 Å². The molecule has 2 rings (SSSR count). The van der Waals surface area contributed by atoms with Crippen LogP contribution in [-0.4, -0.2) is 24.7 Å². The van der Waals surface area contributed by atoms with Gasteiger partial charge in [0.2, 0.25) is 0 Å². The van der Waals surface area contributed by atoms with Crippen LogP contribution in [0.3, 0.4) is 0 Å². The van der Waals surface area contributed by atoms with Crippen LogP contribution in [0.4, 0.5) is 0 Å². The maximum atomic E-state index is 10.5. The van der Waals surface area contributed by atoms with E-state index in [9.17, 15) is 4.79 Å². The Bertz CT molecular complexity index is 289. The number of rotatable bonds is 3. The molecule has 1 aliphatic heterocycles. The molecule has 4 nitrogen and oxygen atoms in total. The van der Waals surface area contributed by atoms with Crippen molar-refractivity contribution in [2.45, 2.75) is 12.8 Å². The van der Waals surface area contributed by atoms with Gasteiger partial charge in [0.05, 0.1) is 11.8 Å². The first-order valence-electron chi connectivity index (χ1n) is 4.36. The summed E-state index contributed by atoms with van der Waals surface area (Å²) >= 11 is 0. The molecule has 1 saturated heterocycles. The van der Waals surface area contributed by atoms with Crippen molar-refractivity contribution in [3.63, 3.8) is 0 Å². The second-order valence-electron chi connectivity index (χ2n) is 3.26. The van der Waals surface area contributed by atoms with Gasteiger partial charge in [-0.25, -0.2) is 0 Å². The van der Waals surface area contributed by atoms with E-state index < -0.39 is 0 Å². The standard InChI is InChI=1S/C9H11NO3/c11-5-8-4-10-13-9(8)3-7-1-2-12-6-7/h4-5,7H,1-3,6H2. The van der Waals surface area contributed by atoms with Gasteiger partial charge in [0, 0.05) is 19.6 Å². The van der Waals surface area contributed by atoms with E-state index in [0.717, 1.165) is 32.3 Å². The highest BCUT2D eigenvalue weighted by molar-refractivity contribution is 5.75. The quantitative estimate of drug-likeness (QED) is 0.654. The summed E-state index contributed by atoms with van der Waals surface area (Å²) in [5, 5.41) is 3.59. The topological polar surface area (TPSA) is 52.3 Å². The van der Waals surface area contributed by atoms with Crippen molar-refractivity contribution < 1.29 is 14.1 Å². The number of hydrogen-bond acceptors (Lipinski definition) is 4. The molecular formula is C9H11NO3. The number of carbonyl (C=O) groups excluding carboxylic acids is 1. The van der Waals surface area contributed by atoms with E-state index in [1.165, 1.54) is 6.20 Å². The average molecular weight is 181 g/mol. The minimum Gasteiger partial charge on any atom is -0.381 e. The van der Waals surface area contributed by atoms with Crippen LogP contribution in [0, 0.1) is 5.92 Å². The zero-order valence-corrected chi connectivity index (χ0v) is 7.23. The molecule has 4 heteroatoms. The van der Waals surface area contributed by atoms with Crippen LogP contribution in [0.2, 0.25) is 0 Å². The van der Waals surface area contributed by atoms with Crippen molar-refractivity contribution in [2.75, 3.05) is 13.2 Å². The third-order valence-electron chi connectivity index (χ3n) is 2.30. The van der Waals surface area contributed by atoms with E-state index >= 15 is 0 Å². The van der Waals surface area contributed by atoms with Crippen molar-refractivity contribution in [3.05, 3.63) is 17.5 Å². The summed E-state index contributed by atoms with van der Waals surface area (Å²) in [5.74, 6) is 1.16. The minimum atomic E-state index is 0.478. The first-order chi connectivity index (χ1) is 6.40. The molecule has 70 valence electrons. The predicted molar refractivity (Wildman–Crippen MR) is 44.5 cm³/mol. The normalized spacial score (nSPS) is 22.0. The second-order valence-corrected chi connectivity index (χ2v) is 3.26. The molecule has 1 aromatic heterocycles. The molecular weight excluding hydrogens is 170 g/mol. The summed E-state index contributed by atoms with van der Waals surface area (Å²) in [4.78, 5) is 10.5. The van der Waals surface area contributed by atoms with Crippen LogP contribution in [0.5, 0.6) is 0 Å². The van der Waals surface area contributed by atoms with E-state index in [1.807, 2.05) is 0 Å². The van der Waals surface area contributed by atoms with Crippen LogP contribution in [0.1, 0.15) is 22.5 Å². The number of ether oxygens (including phenoxy) is 1. The van der Waals surface area contributed by atoms with Gasteiger partial charge in [-0.05, 0) is 12.3 Å². The molecule has 0 bridgehead atoms. The van der Waals surface area contributed by atoms with E-state index in [4.69, 9.17) is 9.26 Å². The number of aromatic nitrogens is 1. The van der Waals surface area contributed by atoms with E-state index in [0.29, 0.717) is 17.2 Å². The summed E-state index contributed by atoms with van der Waals surface area (Å²) in [6.45, 7) is 1.58. The van der Waals surface area contributed by atoms with Gasteiger partial charge < -0.3 is 9.26 Å². The highest BCUT2D eigenvalue weighted by atomic mass is 16.5. The smallest absolute Gasteiger partial charge is 0.155 e. The van der Waals surface area contributed by atoms with Gasteiger partial charge in [0.1, 0.15) is 5.76 Å². The molecule has 0 N–H and O–H groups in total. The number of carbonyl (C=O) groups is 1. The first kappa shape index (κ1) is 8.44. The molecule has 13 heavy (non-hydrogen) atoms. The molecule has 1 aliphatic rings. The lowest BCUT2D eigenvalue weighted by Crippen LogP contribution is -2.04. The van der Waals surface area contributed by atoms with Gasteiger partial charge in [0.25, 0.3) is 0 Å². The molecule has 1 atom stereocenters. The Morgan fingerprint density at radius 2 is 2.62 bits per heavy atom. The Labute approximate surface area is 75.9 Å². The monoisotopic (exact) mass is 181 g/mol. The molecule has 0 aliphatic carbocycles. The van der Waals surface area contributed by atoms with E-state index in [1.54, 1.807) is 0 Å². The lowest BCUT2D eigenvalue weighted by atomic mass is 10.0. The zero-order valence-electron chi connectivity index (χ0n) is 7.23. The Hall–Kier alpha value is -1.16. The molecule has 1 fully saturated rings. The van der Waals surface area contributed by atoms with Crippen molar-refractivity contribution in [2.24, 2.45) is 5.92 Å². The van der Waals surface area contributed by atoms with Crippen molar-refractivity contribution in [1.29, 1.82) is 0 Å².